The van der Waals surface area contributed by atoms with Crippen molar-refractivity contribution < 1.29 is 0 Å². The van der Waals surface area contributed by atoms with Crippen LogP contribution < -0.4 is 0 Å². The largest absolute Gasteiger partial charge is 0.309 e. The van der Waals surface area contributed by atoms with Gasteiger partial charge in [-0.2, -0.15) is 9.97 Å². The highest BCUT2D eigenvalue weighted by Crippen LogP contribution is 2.66. The molecule has 0 amide bonds. The molecule has 4 aliphatic rings. The van der Waals surface area contributed by atoms with Gasteiger partial charge in [-0.1, -0.05) is 431 Å². The molecule has 11 heteroatoms. The third-order valence-electron chi connectivity index (χ3n) is 30.3. The quantitative estimate of drug-likeness (QED) is 0.126. The molecule has 4 aliphatic carbocycles. The lowest BCUT2D eigenvalue weighted by Gasteiger charge is -2.30. The lowest BCUT2D eigenvalue weighted by Crippen LogP contribution is -2.25. The second-order valence-corrected chi connectivity index (χ2v) is 38.2. The van der Waals surface area contributed by atoms with Crippen molar-refractivity contribution in [2.24, 2.45) is 0 Å². The van der Waals surface area contributed by atoms with Crippen LogP contribution in [0.5, 0.6) is 0 Å². The molecule has 0 bridgehead atoms. The molecule has 147 heavy (non-hydrogen) atoms. The maximum absolute atomic E-state index is 5.18. The van der Waals surface area contributed by atoms with E-state index in [0.717, 1.165) is 83.3 Å². The first-order valence-corrected chi connectivity index (χ1v) is 50.0. The molecule has 6 aromatic heterocycles. The summed E-state index contributed by atoms with van der Waals surface area (Å²) >= 11 is 0. The molecule has 0 unspecified atom stereocenters. The van der Waals surface area contributed by atoms with Gasteiger partial charge in [0.2, 0.25) is 5.95 Å². The molecule has 0 aliphatic heterocycles. The summed E-state index contributed by atoms with van der Waals surface area (Å²) in [6.07, 6.45) is 0. The molecular formula is C136H85N11. The Morgan fingerprint density at radius 2 is 0.476 bits per heavy atom. The van der Waals surface area contributed by atoms with Gasteiger partial charge in [0, 0.05) is 88.0 Å². The fraction of sp³-hybridized carbons (Fsp3) is 0.0147. The fourth-order valence-corrected chi connectivity index (χ4v) is 24.2. The molecule has 0 saturated heterocycles. The van der Waals surface area contributed by atoms with Gasteiger partial charge in [-0.05, 0) is 185 Å². The summed E-state index contributed by atoms with van der Waals surface area (Å²) < 4.78 is 6.97. The van der Waals surface area contributed by atoms with Gasteiger partial charge < -0.3 is 9.13 Å². The highest BCUT2D eigenvalue weighted by Gasteiger charge is 2.54. The predicted molar refractivity (Wildman–Crippen MR) is 598 cm³/mol. The fourth-order valence-electron chi connectivity index (χ4n) is 24.2. The van der Waals surface area contributed by atoms with Gasteiger partial charge in [-0.3, -0.25) is 4.57 Å². The van der Waals surface area contributed by atoms with Gasteiger partial charge in [0.05, 0.1) is 55.1 Å². The topological polar surface area (TPSA) is 118 Å². The predicted octanol–water partition coefficient (Wildman–Crippen LogP) is 32.7. The normalized spacial score (nSPS) is 12.7. The zero-order valence-corrected chi connectivity index (χ0v) is 79.5. The highest BCUT2D eigenvalue weighted by molar-refractivity contribution is 6.20. The third kappa shape index (κ3) is 13.2. The van der Waals surface area contributed by atoms with E-state index in [1.165, 1.54) is 149 Å². The zero-order valence-electron chi connectivity index (χ0n) is 79.5. The minimum Gasteiger partial charge on any atom is -0.309 e. The Kier molecular flexibility index (Phi) is 19.5. The minimum absolute atomic E-state index is 0.410. The number of benzene rings is 21. The summed E-state index contributed by atoms with van der Waals surface area (Å²) in [7, 11) is 0. The maximum Gasteiger partial charge on any atom is 0.238 e. The molecule has 0 fully saturated rings. The van der Waals surface area contributed by atoms with Crippen LogP contribution in [-0.2, 0) is 10.8 Å². The maximum atomic E-state index is 5.18. The standard InChI is InChI=1S/C50H32N4.C46H28N4.C40H25N3/c1-3-14-33(15-4-1)49-41-22-7-10-23-44(41)51-50(52-49)36-16-13-19-38(30-36)54-46-25-12-9-21-40(46)43-32-35(27-29-48(43)54)34-26-28-47-42(31-34)39-20-8-11-24-45(39)53(47)37-17-5-2-6-18-37;1-3-15-29(16-4-1)43-47-44(30-17-5-2-6-18-30)49-45(48-43)50-39-26-14-10-22-34(39)42-40(50)28-27-38-41(42)33-21-9-13-25-37(33)46(38)35-23-11-7-19-31(35)32-20-8-12-24-36(32)46;1-3-13-26(14-4-1)37-41-38(27-15-5-2-6-16-27)43-39(42-37)28-23-24-32-31-19-9-12-22-35(31)40(36(32)25-28)33-20-10-7-17-29(33)30-18-8-11-21-34(30)40/h1-32H;1-28H;1-25H. The lowest BCUT2D eigenvalue weighted by molar-refractivity contribution is 0.794. The van der Waals surface area contributed by atoms with E-state index in [1.54, 1.807) is 0 Å². The number of hydrogen-bond donors (Lipinski definition) is 0. The Hall–Kier alpha value is -19.6. The first-order chi connectivity index (χ1) is 72.9. The van der Waals surface area contributed by atoms with Crippen LogP contribution in [0.1, 0.15) is 44.5 Å². The second-order valence-electron chi connectivity index (χ2n) is 38.2. The van der Waals surface area contributed by atoms with E-state index in [0.29, 0.717) is 40.9 Å². The summed E-state index contributed by atoms with van der Waals surface area (Å²) in [5, 5.41) is 8.37. The van der Waals surface area contributed by atoms with Crippen LogP contribution in [0, 0.1) is 0 Å². The summed E-state index contributed by atoms with van der Waals surface area (Å²) in [6, 6.07) is 183. The van der Waals surface area contributed by atoms with Crippen LogP contribution in [0.15, 0.2) is 516 Å². The average Bonchev–Trinajstić information content (AvgIpc) is 1.49. The monoisotopic (exact) mass is 1870 g/mol. The van der Waals surface area contributed by atoms with Gasteiger partial charge in [-0.15, -0.1) is 0 Å². The number of fused-ring (bicyclic) bond motifs is 31. The van der Waals surface area contributed by atoms with Crippen LogP contribution in [0.3, 0.4) is 0 Å². The molecule has 2 spiro atoms. The Morgan fingerprint density at radius 3 is 0.959 bits per heavy atom. The Labute approximate surface area is 847 Å². The number of aromatic nitrogens is 11. The number of hydrogen-bond acceptors (Lipinski definition) is 8. The van der Waals surface area contributed by atoms with Gasteiger partial charge in [-0.25, -0.2) is 29.9 Å². The molecule has 0 N–H and O–H groups in total. The van der Waals surface area contributed by atoms with E-state index in [2.05, 4.69) is 444 Å². The average molecular weight is 1870 g/mol. The van der Waals surface area contributed by atoms with Crippen LogP contribution in [-0.4, -0.2) is 53.6 Å². The number of para-hydroxylation sites is 5. The van der Waals surface area contributed by atoms with Crippen LogP contribution >= 0.6 is 0 Å². The summed E-state index contributed by atoms with van der Waals surface area (Å²) in [4.78, 5) is 40.6. The molecule has 0 saturated carbocycles. The molecule has 21 aromatic carbocycles. The van der Waals surface area contributed by atoms with E-state index in [-0.39, 0.29) is 0 Å². The van der Waals surface area contributed by atoms with Gasteiger partial charge >= 0.3 is 0 Å². The van der Waals surface area contributed by atoms with Gasteiger partial charge in [0.1, 0.15) is 0 Å². The molecule has 6 heterocycles. The van der Waals surface area contributed by atoms with Crippen molar-refractivity contribution in [1.82, 2.24) is 53.6 Å². The minimum atomic E-state index is -0.412. The SMILES string of the molecule is c1ccc(-c2nc(-c3cccc(-n4c5ccccc5c5cc(-c6ccc7c(c6)c6ccccc6n7-c6ccccc6)ccc54)c3)nc3ccccc23)cc1.c1ccc(-c2nc(-c3ccccc3)nc(-c3ccc4c(c3)C3(c5ccccc5-c5ccccc53)c3ccccc3-4)n2)cc1.c1ccc(-c2nc(-c3ccccc3)nc(-n3c4ccccc4c4c5c(ccc43)C3(c4ccccc4-c4ccccc43)c3ccccc3-5)n2)cc1. The van der Waals surface area contributed by atoms with Crippen LogP contribution in [0.4, 0.5) is 0 Å². The molecule has 31 rings (SSSR count). The molecule has 27 aromatic rings. The number of rotatable bonds is 11. The van der Waals surface area contributed by atoms with Crippen molar-refractivity contribution in [3.63, 3.8) is 0 Å². The summed E-state index contributed by atoms with van der Waals surface area (Å²) in [6.45, 7) is 0. The zero-order chi connectivity index (χ0) is 96.8. The van der Waals surface area contributed by atoms with Gasteiger partial charge in [0.15, 0.2) is 34.9 Å². The Bertz CT molecular complexity index is 9790. The third-order valence-corrected chi connectivity index (χ3v) is 30.3. The first kappa shape index (κ1) is 84.3. The van der Waals surface area contributed by atoms with Crippen molar-refractivity contribution >= 4 is 76.3 Å². The van der Waals surface area contributed by atoms with Crippen molar-refractivity contribution in [2.75, 3.05) is 0 Å². The molecule has 0 atom stereocenters. The molecule has 0 radical (unpaired) electrons. The van der Waals surface area contributed by atoms with Crippen molar-refractivity contribution in [2.45, 2.75) is 10.8 Å². The van der Waals surface area contributed by atoms with E-state index < -0.39 is 10.8 Å². The lowest BCUT2D eigenvalue weighted by atomic mass is 9.70. The molecular weight excluding hydrogens is 1790 g/mol. The Morgan fingerprint density at radius 1 is 0.156 bits per heavy atom. The van der Waals surface area contributed by atoms with E-state index in [9.17, 15) is 0 Å². The second kappa shape index (κ2) is 34.1. The number of nitrogens with zero attached hydrogens (tertiary/aromatic N) is 11. The van der Waals surface area contributed by atoms with E-state index >= 15 is 0 Å². The van der Waals surface area contributed by atoms with Crippen LogP contribution in [0.25, 0.3) is 229 Å². The summed E-state index contributed by atoms with van der Waals surface area (Å²) in [5.74, 6) is 4.60. The van der Waals surface area contributed by atoms with Crippen molar-refractivity contribution in [1.29, 1.82) is 0 Å². The molecule has 684 valence electrons. The van der Waals surface area contributed by atoms with Crippen molar-refractivity contribution in [3.05, 3.63) is 560 Å². The Balaban J connectivity index is 0.000000105. The van der Waals surface area contributed by atoms with E-state index in [1.807, 2.05) is 84.9 Å². The summed E-state index contributed by atoms with van der Waals surface area (Å²) in [5.41, 5.74) is 40.2. The first-order valence-electron chi connectivity index (χ1n) is 50.0. The smallest absolute Gasteiger partial charge is 0.238 e. The van der Waals surface area contributed by atoms with E-state index in [4.69, 9.17) is 39.9 Å². The van der Waals surface area contributed by atoms with Crippen molar-refractivity contribution in [3.8, 4) is 153 Å². The highest BCUT2D eigenvalue weighted by atomic mass is 15.2. The van der Waals surface area contributed by atoms with Crippen LogP contribution in [0.2, 0.25) is 0 Å². The molecule has 11 nitrogen and oxygen atoms in total. The van der Waals surface area contributed by atoms with Gasteiger partial charge in [0.25, 0.3) is 0 Å².